The lowest BCUT2D eigenvalue weighted by molar-refractivity contribution is -0.186. The van der Waals surface area contributed by atoms with Gasteiger partial charge in [0.2, 0.25) is 12.2 Å². The maximum absolute atomic E-state index is 12.7. The number of esters is 2. The number of hydrogen-bond donors (Lipinski definition) is 1. The summed E-state index contributed by atoms with van der Waals surface area (Å²) < 4.78 is 22.5. The van der Waals surface area contributed by atoms with Gasteiger partial charge in [0.25, 0.3) is 0 Å². The van der Waals surface area contributed by atoms with Crippen LogP contribution in [0.2, 0.25) is 0 Å². The van der Waals surface area contributed by atoms with Gasteiger partial charge in [0, 0.05) is 26.3 Å². The predicted octanol–water partition coefficient (Wildman–Crippen LogP) is 4.46. The molecule has 8 nitrogen and oxygen atoms in total. The Morgan fingerprint density at radius 2 is 1.89 bits per heavy atom. The Labute approximate surface area is 218 Å². The second-order valence-electron chi connectivity index (χ2n) is 10.0. The lowest BCUT2D eigenvalue weighted by atomic mass is 9.86. The second-order valence-corrected chi connectivity index (χ2v) is 10.5. The number of hydrogen-bond acceptors (Lipinski definition) is 7. The van der Waals surface area contributed by atoms with Crippen LogP contribution in [0.1, 0.15) is 73.1 Å². The zero-order chi connectivity index (χ0) is 26.5. The van der Waals surface area contributed by atoms with E-state index < -0.39 is 48.2 Å². The zero-order valence-electron chi connectivity index (χ0n) is 21.8. The number of rotatable bonds is 11. The first-order valence-electron chi connectivity index (χ1n) is 12.8. The highest BCUT2D eigenvalue weighted by Crippen LogP contribution is 2.52. The van der Waals surface area contributed by atoms with Crippen molar-refractivity contribution in [1.82, 2.24) is 5.32 Å². The van der Waals surface area contributed by atoms with Gasteiger partial charge in [-0.15, -0.1) is 0 Å². The van der Waals surface area contributed by atoms with E-state index in [1.165, 1.54) is 45.6 Å². The average Bonchev–Trinajstić information content (AvgIpc) is 3.53. The Bertz CT molecular complexity index is 929. The molecule has 2 fully saturated rings. The van der Waals surface area contributed by atoms with Crippen molar-refractivity contribution in [2.24, 2.45) is 5.92 Å². The molecule has 2 aliphatic heterocycles. The van der Waals surface area contributed by atoms with E-state index in [0.29, 0.717) is 12.3 Å². The molecule has 3 aliphatic rings. The first-order valence-corrected chi connectivity index (χ1v) is 13.2. The largest absolute Gasteiger partial charge is 0.454 e. The lowest BCUT2D eigenvalue weighted by Crippen LogP contribution is -2.43. The lowest BCUT2D eigenvalue weighted by Gasteiger charge is -2.29. The Morgan fingerprint density at radius 3 is 2.56 bits per heavy atom. The molecule has 7 atom stereocenters. The molecule has 1 aliphatic carbocycles. The minimum absolute atomic E-state index is 0.280. The monoisotopic (exact) mass is 523 g/mol. The molecule has 1 spiro atoms. The molecule has 0 aromatic rings. The quantitative estimate of drug-likeness (QED) is 0.140. The summed E-state index contributed by atoms with van der Waals surface area (Å²) in [6, 6.07) is -0.608. The van der Waals surface area contributed by atoms with Gasteiger partial charge in [0.05, 0.1) is 11.1 Å². The maximum atomic E-state index is 12.7. The van der Waals surface area contributed by atoms with Gasteiger partial charge in [-0.25, -0.2) is 0 Å². The van der Waals surface area contributed by atoms with Crippen LogP contribution in [0.4, 0.5) is 0 Å². The minimum Gasteiger partial charge on any atom is -0.454 e. The molecule has 9 heteroatoms. The van der Waals surface area contributed by atoms with Crippen molar-refractivity contribution in [3.05, 3.63) is 34.9 Å². The van der Waals surface area contributed by atoms with E-state index >= 15 is 0 Å². The van der Waals surface area contributed by atoms with Gasteiger partial charge in [-0.05, 0) is 25.3 Å². The summed E-state index contributed by atoms with van der Waals surface area (Å²) in [4.78, 5) is 35.8. The molecule has 0 bridgehead atoms. The number of halogens is 1. The number of ether oxygens (including phenoxy) is 4. The molecular formula is C27H38ClNO7. The van der Waals surface area contributed by atoms with E-state index in [0.717, 1.165) is 12.0 Å². The van der Waals surface area contributed by atoms with Crippen molar-refractivity contribution in [2.45, 2.75) is 109 Å². The van der Waals surface area contributed by atoms with E-state index in [4.69, 9.17) is 30.5 Å². The molecular weight excluding hydrogens is 486 g/mol. The maximum Gasteiger partial charge on any atom is 0.305 e. The smallest absolute Gasteiger partial charge is 0.305 e. The van der Waals surface area contributed by atoms with E-state index in [1.54, 1.807) is 12.2 Å². The molecule has 0 radical (unpaired) electrons. The van der Waals surface area contributed by atoms with Crippen LogP contribution < -0.4 is 5.32 Å². The number of fused-ring (bicyclic) bond motifs is 2. The fourth-order valence-electron chi connectivity index (χ4n) is 4.97. The fourth-order valence-corrected chi connectivity index (χ4v) is 5.33. The van der Waals surface area contributed by atoms with Crippen LogP contribution in [-0.4, -0.2) is 54.1 Å². The molecule has 0 saturated carbocycles. The van der Waals surface area contributed by atoms with E-state index in [9.17, 15) is 14.4 Å². The number of carbonyl (C=O) groups excluding carboxylic acids is 3. The van der Waals surface area contributed by atoms with Gasteiger partial charge in [-0.3, -0.25) is 14.4 Å². The van der Waals surface area contributed by atoms with Crippen LogP contribution in [0.3, 0.4) is 0 Å². The second kappa shape index (κ2) is 12.4. The zero-order valence-corrected chi connectivity index (χ0v) is 22.5. The number of amides is 1. The van der Waals surface area contributed by atoms with Crippen LogP contribution in [0.15, 0.2) is 34.9 Å². The van der Waals surface area contributed by atoms with Crippen LogP contribution in [0.5, 0.6) is 0 Å². The van der Waals surface area contributed by atoms with Gasteiger partial charge in [0.15, 0.2) is 6.10 Å². The number of allylic oxidation sites excluding steroid dienone is 3. The van der Waals surface area contributed by atoms with Crippen molar-refractivity contribution in [2.75, 3.05) is 0 Å². The third-order valence-corrected chi connectivity index (χ3v) is 6.95. The van der Waals surface area contributed by atoms with Gasteiger partial charge in [-0.1, -0.05) is 68.9 Å². The molecule has 0 aromatic carbocycles. The van der Waals surface area contributed by atoms with Gasteiger partial charge < -0.3 is 24.3 Å². The molecule has 2 saturated heterocycles. The van der Waals surface area contributed by atoms with Crippen molar-refractivity contribution in [1.29, 1.82) is 0 Å². The van der Waals surface area contributed by atoms with Crippen molar-refractivity contribution in [3.8, 4) is 0 Å². The highest BCUT2D eigenvalue weighted by molar-refractivity contribution is 6.30. The molecule has 2 heterocycles. The van der Waals surface area contributed by atoms with Gasteiger partial charge >= 0.3 is 11.9 Å². The molecule has 1 N–H and O–H groups in total. The van der Waals surface area contributed by atoms with Gasteiger partial charge in [0.1, 0.15) is 17.8 Å². The number of carbonyl (C=O) groups is 3. The molecule has 36 heavy (non-hydrogen) atoms. The fraction of sp³-hybridized carbons (Fsp3) is 0.667. The minimum atomic E-state index is -1.00. The molecule has 1 amide bonds. The summed E-state index contributed by atoms with van der Waals surface area (Å²) in [5.41, 5.74) is 0.0139. The Morgan fingerprint density at radius 1 is 1.17 bits per heavy atom. The third kappa shape index (κ3) is 7.43. The van der Waals surface area contributed by atoms with Crippen LogP contribution in [-0.2, 0) is 33.3 Å². The normalized spacial score (nSPS) is 32.1. The van der Waals surface area contributed by atoms with Crippen molar-refractivity contribution in [3.63, 3.8) is 0 Å². The average molecular weight is 524 g/mol. The van der Waals surface area contributed by atoms with E-state index in [1.807, 2.05) is 6.92 Å². The molecule has 200 valence electrons. The number of nitrogens with one attached hydrogen (secondary N) is 1. The number of unbranched alkanes of at least 4 members (excludes halogenated alkanes) is 3. The number of epoxide rings is 1. The summed E-state index contributed by atoms with van der Waals surface area (Å²) in [5, 5.41) is 3.17. The summed E-state index contributed by atoms with van der Waals surface area (Å²) in [7, 11) is 0. The Balaban J connectivity index is 1.63. The Hall–Kier alpha value is -2.16. The highest BCUT2D eigenvalue weighted by atomic mass is 35.5. The SMILES string of the molecule is CCCCCC[C@@H](C)/C=C(C)/C=C/C(=O)N[C@H]1C[C@]2(C=C(Cl)[C@H](OC(C)=O)[C@@H]3O[C@@H]32)O[C@H]1OC(C)=O. The highest BCUT2D eigenvalue weighted by Gasteiger charge is 2.67. The van der Waals surface area contributed by atoms with Crippen LogP contribution in [0, 0.1) is 5.92 Å². The summed E-state index contributed by atoms with van der Waals surface area (Å²) in [6.07, 6.45) is 10.8. The summed E-state index contributed by atoms with van der Waals surface area (Å²) >= 11 is 6.41. The summed E-state index contributed by atoms with van der Waals surface area (Å²) in [5.74, 6) is -0.876. The third-order valence-electron chi connectivity index (χ3n) is 6.62. The first-order chi connectivity index (χ1) is 17.0. The molecule has 0 aromatic heterocycles. The topological polar surface area (TPSA) is 103 Å². The standard InChI is InChI=1S/C27H38ClNO7/c1-6-7-8-9-10-16(2)13-17(3)11-12-22(32)29-21-15-27(36-26(21)34-19(5)31)14-20(28)23(33-18(4)30)24-25(27)35-24/h11-14,16,21,23-26H,6-10,15H2,1-5H3,(H,29,32)/b12-11+,17-13+/t16-,21+,23+,24+,25+,26-,27+/m1/s1. The van der Waals surface area contributed by atoms with E-state index in [2.05, 4.69) is 25.2 Å². The molecule has 0 unspecified atom stereocenters. The van der Waals surface area contributed by atoms with Crippen molar-refractivity contribution >= 4 is 29.4 Å². The van der Waals surface area contributed by atoms with Crippen LogP contribution in [0.25, 0.3) is 0 Å². The van der Waals surface area contributed by atoms with Crippen LogP contribution >= 0.6 is 11.6 Å². The van der Waals surface area contributed by atoms with Crippen molar-refractivity contribution < 1.29 is 33.3 Å². The van der Waals surface area contributed by atoms with Gasteiger partial charge in [-0.2, -0.15) is 0 Å². The van der Waals surface area contributed by atoms with E-state index in [-0.39, 0.29) is 10.9 Å². The summed E-state index contributed by atoms with van der Waals surface area (Å²) in [6.45, 7) is 8.94. The first kappa shape index (κ1) is 28.4. The Kier molecular flexibility index (Phi) is 9.78. The molecule has 3 rings (SSSR count). The predicted molar refractivity (Wildman–Crippen MR) is 135 cm³/mol.